The molecule has 5 aromatic rings. The number of fused-ring (bicyclic) bond motifs is 2. The number of amides is 1. The van der Waals surface area contributed by atoms with Crippen molar-refractivity contribution in [2.75, 3.05) is 67.1 Å². The minimum Gasteiger partial charge on any atom is -0.493 e. The Morgan fingerprint density at radius 3 is 2.02 bits per heavy atom. The number of likely N-dealkylation sites (N-methyl/N-ethyl adjacent to an activating group) is 2. The molecule has 16 nitrogen and oxygen atoms in total. The molecule has 8 N–H and O–H groups in total. The van der Waals surface area contributed by atoms with E-state index in [2.05, 4.69) is 81.3 Å². The van der Waals surface area contributed by atoms with E-state index in [0.717, 1.165) is 55.6 Å². The van der Waals surface area contributed by atoms with Gasteiger partial charge in [-0.2, -0.15) is 4.99 Å². The summed E-state index contributed by atoms with van der Waals surface area (Å²) in [4.78, 5) is 26.6. The molecular weight excluding hydrogens is 837 g/mol. The van der Waals surface area contributed by atoms with Crippen LogP contribution in [0.5, 0.6) is 46.0 Å². The van der Waals surface area contributed by atoms with E-state index in [1.54, 1.807) is 28.4 Å². The Morgan fingerprint density at radius 2 is 1.35 bits per heavy atom. The summed E-state index contributed by atoms with van der Waals surface area (Å²) in [5.41, 5.74) is 27.6. The van der Waals surface area contributed by atoms with Crippen molar-refractivity contribution in [1.82, 2.24) is 19.8 Å². The van der Waals surface area contributed by atoms with Gasteiger partial charge < -0.3 is 51.4 Å². The van der Waals surface area contributed by atoms with Gasteiger partial charge in [0.05, 0.1) is 28.4 Å². The average molecular weight is 889 g/mol. The molecule has 5 heterocycles. The predicted octanol–water partition coefficient (Wildman–Crippen LogP) is 6.29. The number of carbonyl (C=O) groups is 1. The molecule has 4 aromatic carbocycles. The molecule has 2 unspecified atom stereocenters. The molecule has 0 aliphatic carbocycles. The SMILES string of the molecule is COc1ccc2cc1Oc1ccc(cc1)CC1c3cc(c(OC)cc3CCN1C)Oc1c(OC)c(OC)cc3c1C(C2)N(C)CC3.Cl.NC(N)=NC(=O)c1nc(Cl)c(N)nc1N. The molecule has 62 heavy (non-hydrogen) atoms. The van der Waals surface area contributed by atoms with Crippen molar-refractivity contribution >= 4 is 47.5 Å². The Kier molecular flexibility index (Phi) is 14.1. The minimum absolute atomic E-state index is 0. The number of hydrogen-bond acceptors (Lipinski definition) is 13. The summed E-state index contributed by atoms with van der Waals surface area (Å²) in [6, 6.07) is 21.2. The summed E-state index contributed by atoms with van der Waals surface area (Å²) >= 11 is 5.55. The van der Waals surface area contributed by atoms with Gasteiger partial charge in [0, 0.05) is 30.7 Å². The molecule has 18 heteroatoms. The van der Waals surface area contributed by atoms with Crippen LogP contribution in [0.15, 0.2) is 65.7 Å². The van der Waals surface area contributed by atoms with Gasteiger partial charge in [-0.3, -0.25) is 14.6 Å². The number of halogens is 2. The van der Waals surface area contributed by atoms with Gasteiger partial charge in [-0.15, -0.1) is 12.4 Å². The van der Waals surface area contributed by atoms with E-state index in [9.17, 15) is 4.79 Å². The zero-order chi connectivity index (χ0) is 43.5. The van der Waals surface area contributed by atoms with Crippen LogP contribution in [0.4, 0.5) is 11.6 Å². The van der Waals surface area contributed by atoms with Crippen LogP contribution in [0.25, 0.3) is 0 Å². The van der Waals surface area contributed by atoms with Gasteiger partial charge in [-0.05, 0) is 110 Å². The highest BCUT2D eigenvalue weighted by Crippen LogP contribution is 2.52. The topological polar surface area (TPSA) is 221 Å². The number of nitrogens with zero attached hydrogens (tertiary/aromatic N) is 5. The van der Waals surface area contributed by atoms with Gasteiger partial charge in [0.25, 0.3) is 0 Å². The van der Waals surface area contributed by atoms with Crippen LogP contribution in [0, 0.1) is 0 Å². The van der Waals surface area contributed by atoms with Gasteiger partial charge in [0.15, 0.2) is 62.9 Å². The molecule has 2 atom stereocenters. The number of benzene rings is 4. The molecule has 328 valence electrons. The summed E-state index contributed by atoms with van der Waals surface area (Å²) < 4.78 is 37.1. The van der Waals surface area contributed by atoms with Crippen LogP contribution in [-0.4, -0.2) is 87.3 Å². The first-order valence-electron chi connectivity index (χ1n) is 19.5. The Bertz CT molecular complexity index is 2490. The van der Waals surface area contributed by atoms with Gasteiger partial charge in [0.1, 0.15) is 5.75 Å². The lowest BCUT2D eigenvalue weighted by atomic mass is 9.87. The maximum absolute atomic E-state index is 11.3. The Hall–Kier alpha value is -6.20. The molecule has 0 radical (unpaired) electrons. The lowest BCUT2D eigenvalue weighted by molar-refractivity contribution is 0.0998. The van der Waals surface area contributed by atoms with Crippen LogP contribution >= 0.6 is 24.0 Å². The van der Waals surface area contributed by atoms with Gasteiger partial charge >= 0.3 is 5.91 Å². The summed E-state index contributed by atoms with van der Waals surface area (Å²) in [7, 11) is 11.1. The first-order chi connectivity index (χ1) is 29.3. The van der Waals surface area contributed by atoms with Gasteiger partial charge in [0.2, 0.25) is 5.75 Å². The molecule has 0 saturated heterocycles. The fourth-order valence-electron chi connectivity index (χ4n) is 8.04. The van der Waals surface area contributed by atoms with Crippen LogP contribution in [0.3, 0.4) is 0 Å². The number of methoxy groups -OCH3 is 4. The number of nitrogen functional groups attached to an aromatic ring is 2. The molecule has 4 aliphatic rings. The maximum atomic E-state index is 11.3. The largest absolute Gasteiger partial charge is 0.493 e. The predicted molar refractivity (Wildman–Crippen MR) is 241 cm³/mol. The van der Waals surface area contributed by atoms with Gasteiger partial charge in [-0.25, -0.2) is 9.97 Å². The average Bonchev–Trinajstić information content (AvgIpc) is 3.24. The number of aromatic nitrogens is 2. The second kappa shape index (κ2) is 19.2. The van der Waals surface area contributed by atoms with E-state index in [1.807, 2.05) is 18.2 Å². The highest BCUT2D eigenvalue weighted by Gasteiger charge is 2.35. The molecule has 6 bridgehead atoms. The first-order valence-corrected chi connectivity index (χ1v) is 19.9. The molecular formula is C44H51Cl2N9O7. The van der Waals surface area contributed by atoms with Crippen molar-refractivity contribution in [3.05, 3.63) is 105 Å². The molecule has 1 aromatic heterocycles. The smallest absolute Gasteiger partial charge is 0.302 e. The molecule has 0 spiro atoms. The maximum Gasteiger partial charge on any atom is 0.302 e. The number of anilines is 2. The van der Waals surface area contributed by atoms with Crippen molar-refractivity contribution in [3.63, 3.8) is 0 Å². The Morgan fingerprint density at radius 1 is 0.742 bits per heavy atom. The molecule has 0 fully saturated rings. The van der Waals surface area contributed by atoms with E-state index in [4.69, 9.17) is 63.0 Å². The second-order valence-electron chi connectivity index (χ2n) is 14.9. The number of aliphatic imine (C=N–C) groups is 1. The Balaban J connectivity index is 0.000000342. The molecule has 4 aliphatic heterocycles. The number of nitrogens with two attached hydrogens (primary N) is 4. The van der Waals surface area contributed by atoms with Crippen LogP contribution < -0.4 is 51.4 Å². The van der Waals surface area contributed by atoms with Crippen molar-refractivity contribution in [1.29, 1.82) is 0 Å². The lowest BCUT2D eigenvalue weighted by Crippen LogP contribution is -2.34. The van der Waals surface area contributed by atoms with Crippen molar-refractivity contribution in [2.24, 2.45) is 16.5 Å². The quantitative estimate of drug-likeness (QED) is 0.113. The van der Waals surface area contributed by atoms with Gasteiger partial charge in [-0.1, -0.05) is 29.8 Å². The molecule has 0 saturated carbocycles. The third-order valence-electron chi connectivity index (χ3n) is 11.2. The summed E-state index contributed by atoms with van der Waals surface area (Å²) in [5, 5.41) is -0.140. The zero-order valence-electron chi connectivity index (χ0n) is 35.4. The number of carbonyl (C=O) groups excluding carboxylic acids is 1. The highest BCUT2D eigenvalue weighted by molar-refractivity contribution is 6.31. The number of guanidine groups is 1. The normalized spacial score (nSPS) is 16.6. The monoisotopic (exact) mass is 887 g/mol. The van der Waals surface area contributed by atoms with E-state index in [0.29, 0.717) is 40.2 Å². The second-order valence-corrected chi connectivity index (χ2v) is 15.3. The lowest BCUT2D eigenvalue weighted by Gasteiger charge is -2.37. The van der Waals surface area contributed by atoms with Crippen molar-refractivity contribution < 1.29 is 33.2 Å². The fraction of sp³-hybridized carbons (Fsp3) is 0.318. The number of rotatable bonds is 5. The minimum atomic E-state index is -0.832. The van der Waals surface area contributed by atoms with Crippen LogP contribution in [0.2, 0.25) is 5.15 Å². The summed E-state index contributed by atoms with van der Waals surface area (Å²) in [5.74, 6) is 3.91. The van der Waals surface area contributed by atoms with E-state index >= 15 is 0 Å². The summed E-state index contributed by atoms with van der Waals surface area (Å²) in [6.45, 7) is 1.86. The number of ether oxygens (including phenoxy) is 6. The molecule has 9 rings (SSSR count). The van der Waals surface area contributed by atoms with Crippen molar-refractivity contribution in [3.8, 4) is 46.0 Å². The van der Waals surface area contributed by atoms with Crippen molar-refractivity contribution in [2.45, 2.75) is 37.8 Å². The van der Waals surface area contributed by atoms with Crippen LogP contribution in [-0.2, 0) is 25.7 Å². The van der Waals surface area contributed by atoms with Crippen LogP contribution in [0.1, 0.15) is 56.0 Å². The standard InChI is InChI=1S/C38H42N2O6.C6H8ClN7O.ClH/c1-39-15-13-25-20-32(42-4)34-22-28(25)29(39)17-23-7-10-27(11-8-23)45-33-19-24(9-12-31(33)41-3)18-30-36-26(14-16-40(30)2)21-35(43-5)37(44-6)38(36)46-34;7-2-4(9)13-3(8)1(12-2)5(15)14-6(10)11;/h7-12,19-22,29-30H,13-18H2,1-6H3;(H4,8,9,13)(H4,10,11,14,15);1H. The summed E-state index contributed by atoms with van der Waals surface area (Å²) in [6.07, 6.45) is 3.37. The fourth-order valence-corrected chi connectivity index (χ4v) is 8.17. The zero-order valence-corrected chi connectivity index (χ0v) is 36.9. The third-order valence-corrected chi connectivity index (χ3v) is 11.5. The highest BCUT2D eigenvalue weighted by atomic mass is 35.5. The molecule has 1 amide bonds. The van der Waals surface area contributed by atoms with E-state index in [1.165, 1.54) is 22.3 Å². The third kappa shape index (κ3) is 9.33. The number of hydrogen-bond donors (Lipinski definition) is 4. The first kappa shape index (κ1) is 45.3. The van der Waals surface area contributed by atoms with E-state index < -0.39 is 11.9 Å². The van der Waals surface area contributed by atoms with E-state index in [-0.39, 0.29) is 47.0 Å². The Labute approximate surface area is 371 Å².